The van der Waals surface area contributed by atoms with Gasteiger partial charge in [-0.15, -0.1) is 0 Å². The molecule has 0 unspecified atom stereocenters. The number of nitrogens with zero attached hydrogens (tertiary/aromatic N) is 3. The zero-order chi connectivity index (χ0) is 25.3. The van der Waals surface area contributed by atoms with Crippen molar-refractivity contribution in [2.75, 3.05) is 37.0 Å². The minimum absolute atomic E-state index is 0.0980. The lowest BCUT2D eigenvalue weighted by Crippen LogP contribution is -2.40. The van der Waals surface area contributed by atoms with E-state index in [-0.39, 0.29) is 29.4 Å². The molecule has 1 saturated heterocycles. The Hall–Kier alpha value is -3.45. The summed E-state index contributed by atoms with van der Waals surface area (Å²) < 4.78 is 32.3. The van der Waals surface area contributed by atoms with Crippen LogP contribution in [0.25, 0.3) is 0 Å². The number of morpholine rings is 1. The summed E-state index contributed by atoms with van der Waals surface area (Å²) in [5.74, 6) is 0. The second-order valence-electron chi connectivity index (χ2n) is 8.20. The van der Waals surface area contributed by atoms with E-state index < -0.39 is 14.9 Å². The Bertz CT molecular complexity index is 1470. The topological polar surface area (TPSA) is 126 Å². The zero-order valence-electron chi connectivity index (χ0n) is 19.3. The maximum Gasteiger partial charge on any atom is 0.295 e. The van der Waals surface area contributed by atoms with Crippen LogP contribution in [-0.4, -0.2) is 49.7 Å². The van der Waals surface area contributed by atoms with Crippen molar-refractivity contribution in [3.8, 4) is 0 Å². The first kappa shape index (κ1) is 24.3. The van der Waals surface area contributed by atoms with E-state index in [0.29, 0.717) is 18.9 Å². The molecule has 2 N–H and O–H groups in total. The monoisotopic (exact) mass is 525 g/mol. The molecule has 0 spiro atoms. The minimum Gasteiger partial charge on any atom is -0.379 e. The second kappa shape index (κ2) is 9.90. The van der Waals surface area contributed by atoms with E-state index in [1.165, 1.54) is 16.4 Å². The molecule has 2 aliphatic heterocycles. The van der Waals surface area contributed by atoms with E-state index in [9.17, 15) is 18.5 Å². The average molecular weight is 526 g/mol. The zero-order valence-corrected chi connectivity index (χ0v) is 20.9. The lowest BCUT2D eigenvalue weighted by molar-refractivity contribution is -0.384. The number of nitro groups is 1. The van der Waals surface area contributed by atoms with E-state index in [1.807, 2.05) is 36.4 Å². The van der Waals surface area contributed by atoms with Crippen molar-refractivity contribution < 1.29 is 18.1 Å². The first-order chi connectivity index (χ1) is 17.3. The Labute approximate surface area is 212 Å². The number of benzene rings is 3. The van der Waals surface area contributed by atoms with Gasteiger partial charge in [0.25, 0.3) is 5.69 Å². The molecule has 10 nitrogen and oxygen atoms in total. The molecule has 186 valence electrons. The SMILES string of the molecule is CC(=NNc1ccc(S(=O)(=O)N2CCOCC2)cc1[N+](=O)[O-])c1ccc2c(c1)Nc1ccccc1S2. The normalized spacial score (nSPS) is 16.0. The first-order valence-corrected chi connectivity index (χ1v) is 13.4. The summed E-state index contributed by atoms with van der Waals surface area (Å²) in [7, 11) is -3.86. The van der Waals surface area contributed by atoms with Gasteiger partial charge >= 0.3 is 0 Å². The molecular weight excluding hydrogens is 502 g/mol. The predicted molar refractivity (Wildman–Crippen MR) is 139 cm³/mol. The lowest BCUT2D eigenvalue weighted by atomic mass is 10.1. The minimum atomic E-state index is -3.86. The Balaban J connectivity index is 1.37. The van der Waals surface area contributed by atoms with E-state index >= 15 is 0 Å². The predicted octanol–water partition coefficient (Wildman–Crippen LogP) is 4.66. The molecule has 0 saturated carbocycles. The Kier molecular flexibility index (Phi) is 6.67. The third-order valence-electron chi connectivity index (χ3n) is 5.89. The van der Waals surface area contributed by atoms with Crippen LogP contribution in [0, 0.1) is 10.1 Å². The van der Waals surface area contributed by atoms with Crippen LogP contribution in [0.1, 0.15) is 12.5 Å². The van der Waals surface area contributed by atoms with Gasteiger partial charge in [0.05, 0.1) is 40.1 Å². The van der Waals surface area contributed by atoms with Gasteiger partial charge in [-0.1, -0.05) is 30.0 Å². The van der Waals surface area contributed by atoms with Crippen molar-refractivity contribution in [2.24, 2.45) is 5.10 Å². The Morgan fingerprint density at radius 1 is 1.08 bits per heavy atom. The number of para-hydroxylation sites is 1. The third kappa shape index (κ3) is 4.80. The first-order valence-electron chi connectivity index (χ1n) is 11.2. The molecule has 12 heteroatoms. The standard InChI is InChI=1S/C24H23N5O5S2/c1-16(17-6-9-24-21(14-17)25-20-4-2-3-5-23(20)35-24)26-27-19-8-7-18(15-22(19)29(30)31)36(32,33)28-10-12-34-13-11-28/h2-9,14-15,25,27H,10-13H2,1H3. The number of sulfonamides is 1. The number of hydrogen-bond donors (Lipinski definition) is 2. The molecule has 2 heterocycles. The molecule has 3 aromatic rings. The average Bonchev–Trinajstić information content (AvgIpc) is 2.90. The van der Waals surface area contributed by atoms with Crippen molar-refractivity contribution >= 4 is 50.2 Å². The van der Waals surface area contributed by atoms with E-state index in [1.54, 1.807) is 18.7 Å². The third-order valence-corrected chi connectivity index (χ3v) is 8.94. The summed E-state index contributed by atoms with van der Waals surface area (Å²) in [5, 5.41) is 19.5. The van der Waals surface area contributed by atoms with Gasteiger partial charge in [0.15, 0.2) is 0 Å². The number of ether oxygens (including phenoxy) is 1. The van der Waals surface area contributed by atoms with Gasteiger partial charge in [0, 0.05) is 28.9 Å². The van der Waals surface area contributed by atoms with Gasteiger partial charge < -0.3 is 10.1 Å². The van der Waals surface area contributed by atoms with E-state index in [0.717, 1.165) is 32.8 Å². The lowest BCUT2D eigenvalue weighted by Gasteiger charge is -2.26. The Morgan fingerprint density at radius 2 is 1.83 bits per heavy atom. The number of nitro benzene ring substituents is 1. The Morgan fingerprint density at radius 3 is 2.61 bits per heavy atom. The highest BCUT2D eigenvalue weighted by Crippen LogP contribution is 2.44. The van der Waals surface area contributed by atoms with Crippen LogP contribution in [0.3, 0.4) is 0 Å². The number of fused-ring (bicyclic) bond motifs is 2. The number of hydrogen-bond acceptors (Lipinski definition) is 9. The van der Waals surface area contributed by atoms with Crippen LogP contribution in [0.15, 0.2) is 80.5 Å². The van der Waals surface area contributed by atoms with E-state index in [4.69, 9.17) is 4.74 Å². The van der Waals surface area contributed by atoms with Gasteiger partial charge in [-0.2, -0.15) is 9.41 Å². The molecule has 0 aromatic heterocycles. The largest absolute Gasteiger partial charge is 0.379 e. The van der Waals surface area contributed by atoms with Gasteiger partial charge in [-0.25, -0.2) is 8.42 Å². The highest BCUT2D eigenvalue weighted by atomic mass is 32.2. The van der Waals surface area contributed by atoms with Crippen molar-refractivity contribution in [3.05, 3.63) is 76.3 Å². The fourth-order valence-corrected chi connectivity index (χ4v) is 6.32. The fourth-order valence-electron chi connectivity index (χ4n) is 3.93. The smallest absolute Gasteiger partial charge is 0.295 e. The molecule has 1 fully saturated rings. The number of nitrogens with one attached hydrogen (secondary N) is 2. The number of rotatable bonds is 6. The molecular formula is C24H23N5O5S2. The molecule has 3 aromatic carbocycles. The van der Waals surface area contributed by atoms with Crippen molar-refractivity contribution in [3.63, 3.8) is 0 Å². The summed E-state index contributed by atoms with van der Waals surface area (Å²) in [6.07, 6.45) is 0. The van der Waals surface area contributed by atoms with Gasteiger partial charge in [-0.3, -0.25) is 15.5 Å². The highest BCUT2D eigenvalue weighted by Gasteiger charge is 2.29. The van der Waals surface area contributed by atoms with Gasteiger partial charge in [0.1, 0.15) is 5.69 Å². The maximum atomic E-state index is 12.9. The summed E-state index contributed by atoms with van der Waals surface area (Å²) >= 11 is 1.68. The summed E-state index contributed by atoms with van der Waals surface area (Å²) in [5.41, 5.74) is 5.90. The van der Waals surface area contributed by atoms with Crippen LogP contribution in [0.4, 0.5) is 22.7 Å². The highest BCUT2D eigenvalue weighted by molar-refractivity contribution is 7.99. The second-order valence-corrected chi connectivity index (χ2v) is 11.2. The summed E-state index contributed by atoms with van der Waals surface area (Å²) in [6, 6.07) is 17.8. The fraction of sp³-hybridized carbons (Fsp3) is 0.208. The summed E-state index contributed by atoms with van der Waals surface area (Å²) in [4.78, 5) is 13.2. The number of hydrazone groups is 1. The van der Waals surface area contributed by atoms with Crippen LogP contribution in [0.2, 0.25) is 0 Å². The molecule has 5 rings (SSSR count). The molecule has 2 aliphatic rings. The number of anilines is 3. The molecule has 0 aliphatic carbocycles. The van der Waals surface area contributed by atoms with Crippen molar-refractivity contribution in [1.29, 1.82) is 0 Å². The quantitative estimate of drug-likeness (QED) is 0.211. The van der Waals surface area contributed by atoms with Crippen molar-refractivity contribution in [2.45, 2.75) is 21.6 Å². The molecule has 0 radical (unpaired) electrons. The molecule has 0 atom stereocenters. The van der Waals surface area contributed by atoms with Crippen LogP contribution in [0.5, 0.6) is 0 Å². The van der Waals surface area contributed by atoms with E-state index in [2.05, 4.69) is 21.9 Å². The van der Waals surface area contributed by atoms with Crippen LogP contribution in [-0.2, 0) is 14.8 Å². The molecule has 36 heavy (non-hydrogen) atoms. The van der Waals surface area contributed by atoms with Gasteiger partial charge in [-0.05, 0) is 48.9 Å². The molecule has 0 amide bonds. The summed E-state index contributed by atoms with van der Waals surface area (Å²) in [6.45, 7) is 2.79. The van der Waals surface area contributed by atoms with Crippen LogP contribution < -0.4 is 10.7 Å². The van der Waals surface area contributed by atoms with Crippen LogP contribution >= 0.6 is 11.8 Å². The molecule has 0 bridgehead atoms. The van der Waals surface area contributed by atoms with Gasteiger partial charge in [0.2, 0.25) is 10.0 Å². The maximum absolute atomic E-state index is 12.9. The van der Waals surface area contributed by atoms with Crippen molar-refractivity contribution in [1.82, 2.24) is 4.31 Å².